The second-order valence-corrected chi connectivity index (χ2v) is 6.14. The first-order chi connectivity index (χ1) is 8.53. The zero-order chi connectivity index (χ0) is 13.6. The van der Waals surface area contributed by atoms with E-state index in [9.17, 15) is 8.42 Å². The minimum absolute atomic E-state index is 0.176. The quantitative estimate of drug-likeness (QED) is 0.815. The predicted molar refractivity (Wildman–Crippen MR) is 73.7 cm³/mol. The number of hydrogen-bond donors (Lipinski definition) is 1. The second-order valence-electron chi connectivity index (χ2n) is 3.87. The molecule has 0 aliphatic carbocycles. The van der Waals surface area contributed by atoms with Gasteiger partial charge in [-0.3, -0.25) is 0 Å². The molecule has 4 nitrogen and oxygen atoms in total. The molecule has 1 aromatic rings. The molecule has 1 N–H and O–H groups in total. The maximum atomic E-state index is 12.0. The second kappa shape index (κ2) is 6.88. The Morgan fingerprint density at radius 2 is 2.00 bits per heavy atom. The number of nitriles is 1. The van der Waals surface area contributed by atoms with Crippen LogP contribution in [0, 0.1) is 11.3 Å². The molecule has 1 aromatic carbocycles. The molecule has 0 aliphatic rings. The smallest absolute Gasteiger partial charge is 0.207 e. The highest BCUT2D eigenvalue weighted by molar-refractivity contribution is 9.08. The lowest BCUT2D eigenvalue weighted by atomic mass is 10.2. The van der Waals surface area contributed by atoms with Crippen molar-refractivity contribution in [3.05, 3.63) is 29.8 Å². The Hall–Kier alpha value is -0.900. The molecule has 98 valence electrons. The van der Waals surface area contributed by atoms with Crippen molar-refractivity contribution in [3.8, 4) is 6.07 Å². The molecule has 0 bridgehead atoms. The van der Waals surface area contributed by atoms with E-state index in [2.05, 4.69) is 20.7 Å². The molecule has 1 rings (SSSR count). The maximum absolute atomic E-state index is 12.0. The van der Waals surface area contributed by atoms with E-state index >= 15 is 0 Å². The zero-order valence-corrected chi connectivity index (χ0v) is 12.5. The average Bonchev–Trinajstić information content (AvgIpc) is 2.38. The van der Waals surface area contributed by atoms with Crippen LogP contribution in [0.2, 0.25) is 0 Å². The van der Waals surface area contributed by atoms with Gasteiger partial charge in [-0.25, -0.2) is 13.1 Å². The van der Waals surface area contributed by atoms with Gasteiger partial charge < -0.3 is 0 Å². The number of nitrogens with zero attached hydrogens (tertiary/aromatic N) is 1. The molecule has 1 atom stereocenters. The van der Waals surface area contributed by atoms with Crippen LogP contribution in [-0.4, -0.2) is 14.5 Å². The van der Waals surface area contributed by atoms with E-state index in [1.165, 1.54) is 0 Å². The van der Waals surface area contributed by atoms with Crippen molar-refractivity contribution in [2.75, 3.05) is 0 Å². The summed E-state index contributed by atoms with van der Waals surface area (Å²) in [4.78, 5) is 0.226. The van der Waals surface area contributed by atoms with Crippen molar-refractivity contribution < 1.29 is 8.42 Å². The molecule has 0 heterocycles. The van der Waals surface area contributed by atoms with Crippen molar-refractivity contribution in [2.45, 2.75) is 36.0 Å². The van der Waals surface area contributed by atoms with Gasteiger partial charge in [-0.2, -0.15) is 5.26 Å². The highest BCUT2D eigenvalue weighted by Crippen LogP contribution is 2.13. The van der Waals surface area contributed by atoms with Crippen LogP contribution in [0.5, 0.6) is 0 Å². The third-order valence-corrected chi connectivity index (χ3v) is 4.72. The Morgan fingerprint density at radius 1 is 1.39 bits per heavy atom. The first-order valence-electron chi connectivity index (χ1n) is 5.57. The number of rotatable bonds is 6. The maximum Gasteiger partial charge on any atom is 0.240 e. The highest BCUT2D eigenvalue weighted by Gasteiger charge is 2.18. The number of halogens is 1. The van der Waals surface area contributed by atoms with Crippen LogP contribution in [0.25, 0.3) is 0 Å². The molecule has 0 aliphatic heterocycles. The Morgan fingerprint density at radius 3 is 2.44 bits per heavy atom. The fourth-order valence-corrected chi connectivity index (χ4v) is 3.12. The van der Waals surface area contributed by atoms with Crippen molar-refractivity contribution in [2.24, 2.45) is 0 Å². The molecule has 0 fully saturated rings. The Kier molecular flexibility index (Phi) is 5.79. The van der Waals surface area contributed by atoms with E-state index in [1.54, 1.807) is 24.3 Å². The van der Waals surface area contributed by atoms with E-state index in [1.807, 2.05) is 13.0 Å². The first-order valence-corrected chi connectivity index (χ1v) is 8.18. The molecule has 0 saturated carbocycles. The van der Waals surface area contributed by atoms with Gasteiger partial charge in [-0.1, -0.05) is 35.0 Å². The number of alkyl halides is 1. The minimum Gasteiger partial charge on any atom is -0.207 e. The van der Waals surface area contributed by atoms with Gasteiger partial charge in [-0.15, -0.1) is 0 Å². The van der Waals surface area contributed by atoms with Crippen LogP contribution >= 0.6 is 15.9 Å². The fourth-order valence-electron chi connectivity index (χ4n) is 1.42. The van der Waals surface area contributed by atoms with Crippen molar-refractivity contribution in [3.63, 3.8) is 0 Å². The lowest BCUT2D eigenvalue weighted by molar-refractivity contribution is 0.543. The zero-order valence-electron chi connectivity index (χ0n) is 10.1. The van der Waals surface area contributed by atoms with Crippen molar-refractivity contribution in [1.29, 1.82) is 5.26 Å². The topological polar surface area (TPSA) is 70.0 Å². The van der Waals surface area contributed by atoms with Gasteiger partial charge >= 0.3 is 0 Å². The SMILES string of the molecule is CCC(CC#N)NS(=O)(=O)c1ccc(CBr)cc1. The first kappa shape index (κ1) is 15.2. The molecule has 6 heteroatoms. The van der Waals surface area contributed by atoms with E-state index in [-0.39, 0.29) is 17.4 Å². The molecule has 18 heavy (non-hydrogen) atoms. The lowest BCUT2D eigenvalue weighted by Crippen LogP contribution is -2.34. The Bertz CT molecular complexity index is 520. The largest absolute Gasteiger partial charge is 0.240 e. The molecule has 0 saturated heterocycles. The van der Waals surface area contributed by atoms with Crippen LogP contribution in [0.15, 0.2) is 29.2 Å². The fraction of sp³-hybridized carbons (Fsp3) is 0.417. The summed E-state index contributed by atoms with van der Waals surface area (Å²) in [5.74, 6) is 0. The van der Waals surface area contributed by atoms with E-state index in [0.29, 0.717) is 11.8 Å². The summed E-state index contributed by atoms with van der Waals surface area (Å²) in [6, 6.07) is 8.29. The lowest BCUT2D eigenvalue weighted by Gasteiger charge is -2.14. The van der Waals surface area contributed by atoms with E-state index < -0.39 is 10.0 Å². The van der Waals surface area contributed by atoms with Crippen LogP contribution < -0.4 is 4.72 Å². The van der Waals surface area contributed by atoms with Gasteiger partial charge in [0.15, 0.2) is 0 Å². The summed E-state index contributed by atoms with van der Waals surface area (Å²) in [6.45, 7) is 1.85. The normalized spacial score (nSPS) is 12.9. The summed E-state index contributed by atoms with van der Waals surface area (Å²) in [7, 11) is -3.54. The molecule has 0 radical (unpaired) electrons. The third-order valence-electron chi connectivity index (χ3n) is 2.54. The number of benzene rings is 1. The van der Waals surface area contributed by atoms with Gasteiger partial charge in [0.25, 0.3) is 0 Å². The van der Waals surface area contributed by atoms with Crippen LogP contribution in [0.4, 0.5) is 0 Å². The monoisotopic (exact) mass is 330 g/mol. The summed E-state index contributed by atoms with van der Waals surface area (Å²) >= 11 is 3.30. The summed E-state index contributed by atoms with van der Waals surface area (Å²) < 4.78 is 26.6. The Balaban J connectivity index is 2.88. The molecule has 0 aromatic heterocycles. The minimum atomic E-state index is -3.54. The predicted octanol–water partition coefficient (Wildman–Crippen LogP) is 2.55. The highest BCUT2D eigenvalue weighted by atomic mass is 79.9. The van der Waals surface area contributed by atoms with E-state index in [0.717, 1.165) is 5.56 Å². The van der Waals surface area contributed by atoms with Gasteiger partial charge in [0.1, 0.15) is 0 Å². The number of nitrogens with one attached hydrogen (secondary N) is 1. The van der Waals surface area contributed by atoms with E-state index in [4.69, 9.17) is 5.26 Å². The number of hydrogen-bond acceptors (Lipinski definition) is 3. The van der Waals surface area contributed by atoms with Crippen molar-refractivity contribution in [1.82, 2.24) is 4.72 Å². The number of sulfonamides is 1. The Labute approximate surface area is 116 Å². The molecular formula is C12H15BrN2O2S. The third kappa shape index (κ3) is 4.09. The molecule has 0 amide bonds. The molecule has 0 spiro atoms. The van der Waals surface area contributed by atoms with Crippen LogP contribution in [0.3, 0.4) is 0 Å². The van der Waals surface area contributed by atoms with Gasteiger partial charge in [0.05, 0.1) is 17.4 Å². The van der Waals surface area contributed by atoms with Crippen molar-refractivity contribution >= 4 is 26.0 Å². The molecule has 1 unspecified atom stereocenters. The van der Waals surface area contributed by atoms with Gasteiger partial charge in [-0.05, 0) is 24.1 Å². The average molecular weight is 331 g/mol. The van der Waals surface area contributed by atoms with Crippen LogP contribution in [-0.2, 0) is 15.4 Å². The summed E-state index contributed by atoms with van der Waals surface area (Å²) in [5, 5.41) is 9.30. The standard InChI is InChI=1S/C12H15BrN2O2S/c1-2-11(7-8-14)15-18(16,17)12-5-3-10(9-13)4-6-12/h3-6,11,15H,2,7,9H2,1H3. The summed E-state index contributed by atoms with van der Waals surface area (Å²) in [6.07, 6.45) is 0.765. The van der Waals surface area contributed by atoms with Gasteiger partial charge in [0.2, 0.25) is 10.0 Å². The van der Waals surface area contributed by atoms with Gasteiger partial charge in [0, 0.05) is 11.4 Å². The van der Waals surface area contributed by atoms with Crippen LogP contribution in [0.1, 0.15) is 25.3 Å². The molecular weight excluding hydrogens is 316 g/mol. The summed E-state index contributed by atoms with van der Waals surface area (Å²) in [5.41, 5.74) is 1.01.